The summed E-state index contributed by atoms with van der Waals surface area (Å²) in [6.07, 6.45) is 0.850. The van der Waals surface area contributed by atoms with Crippen LogP contribution in [0.5, 0.6) is 0 Å². The lowest BCUT2D eigenvalue weighted by Gasteiger charge is -2.22. The van der Waals surface area contributed by atoms with Gasteiger partial charge in [0.2, 0.25) is 0 Å². The molecule has 0 saturated heterocycles. The third-order valence-corrected chi connectivity index (χ3v) is 3.82. The molecule has 0 fully saturated rings. The summed E-state index contributed by atoms with van der Waals surface area (Å²) in [5.74, 6) is 0.632. The van der Waals surface area contributed by atoms with E-state index in [1.165, 1.54) is 17.8 Å². The number of carbonyl (C=O) groups is 2. The van der Waals surface area contributed by atoms with Crippen LogP contribution in [-0.2, 0) is 20.0 Å². The normalized spacial score (nSPS) is 12.1. The minimum absolute atomic E-state index is 0.106. The van der Waals surface area contributed by atoms with Gasteiger partial charge in [-0.05, 0) is 26.3 Å². The third-order valence-electron chi connectivity index (χ3n) is 2.71. The number of esters is 1. The maximum Gasteiger partial charge on any atom is 0.408 e. The van der Waals surface area contributed by atoms with Crippen molar-refractivity contribution in [1.82, 2.24) is 5.32 Å². The van der Waals surface area contributed by atoms with Crippen LogP contribution in [0.25, 0.3) is 0 Å². The molecule has 0 saturated carbocycles. The second-order valence-electron chi connectivity index (χ2n) is 6.12. The fourth-order valence-electron chi connectivity index (χ4n) is 1.73. The molecule has 24 heavy (non-hydrogen) atoms. The molecule has 132 valence electrons. The number of nitrogens with one attached hydrogen (secondary N) is 1. The van der Waals surface area contributed by atoms with Gasteiger partial charge >= 0.3 is 12.1 Å². The van der Waals surface area contributed by atoms with Gasteiger partial charge in [0.05, 0.1) is 0 Å². The van der Waals surface area contributed by atoms with Gasteiger partial charge < -0.3 is 14.8 Å². The number of alkyl carbamates (subject to hydrolysis) is 1. The molecule has 0 bridgehead atoms. The van der Waals surface area contributed by atoms with Crippen molar-refractivity contribution in [2.75, 3.05) is 12.4 Å². The summed E-state index contributed by atoms with van der Waals surface area (Å²) >= 11 is 1.54. The summed E-state index contributed by atoms with van der Waals surface area (Å²) in [5.41, 5.74) is 0.523. The van der Waals surface area contributed by atoms with Crippen molar-refractivity contribution < 1.29 is 19.1 Å². The molecular weight excluding hydrogens is 326 g/mol. The smallest absolute Gasteiger partial charge is 0.408 e. The average molecular weight is 351 g/mol. The molecule has 0 spiro atoms. The van der Waals surface area contributed by atoms with E-state index in [9.17, 15) is 9.59 Å². The van der Waals surface area contributed by atoms with E-state index in [1.807, 2.05) is 30.3 Å². The van der Waals surface area contributed by atoms with Crippen molar-refractivity contribution in [2.45, 2.75) is 38.2 Å². The van der Waals surface area contributed by atoms with Crippen LogP contribution in [0.4, 0.5) is 4.79 Å². The Morgan fingerprint density at radius 3 is 2.54 bits per heavy atom. The van der Waals surface area contributed by atoms with E-state index in [2.05, 4.69) is 11.9 Å². The van der Waals surface area contributed by atoms with Crippen molar-refractivity contribution in [1.29, 1.82) is 0 Å². The maximum atomic E-state index is 12.1. The summed E-state index contributed by atoms with van der Waals surface area (Å²) in [7, 11) is 0. The first-order valence-electron chi connectivity index (χ1n) is 7.70. The molecular formula is C18H25NO4S. The molecule has 6 heteroatoms. The minimum atomic E-state index is -0.770. The Morgan fingerprint density at radius 1 is 1.29 bits per heavy atom. The largest absolute Gasteiger partial charge is 0.460 e. The Balaban J connectivity index is 2.58. The number of ether oxygens (including phenoxy) is 2. The number of hydrogen-bond donors (Lipinski definition) is 1. The maximum absolute atomic E-state index is 12.1. The highest BCUT2D eigenvalue weighted by atomic mass is 32.2. The Labute approximate surface area is 147 Å². The molecule has 1 N–H and O–H groups in total. The SMILES string of the molecule is C=CCOC(=O)[C@H](CSCc1ccccc1)NC(=O)OC(C)(C)C. The summed E-state index contributed by atoms with van der Waals surface area (Å²) in [5, 5.41) is 2.58. The molecule has 0 heterocycles. The zero-order valence-electron chi connectivity index (χ0n) is 14.4. The van der Waals surface area contributed by atoms with Crippen LogP contribution in [0.15, 0.2) is 43.0 Å². The Hall–Kier alpha value is -1.95. The fourth-order valence-corrected chi connectivity index (χ4v) is 2.73. The third kappa shape index (κ3) is 8.62. The molecule has 0 unspecified atom stereocenters. The molecule has 0 aliphatic carbocycles. The zero-order chi connectivity index (χ0) is 18.0. The lowest BCUT2D eigenvalue weighted by Crippen LogP contribution is -2.45. The van der Waals surface area contributed by atoms with Crippen molar-refractivity contribution >= 4 is 23.8 Å². The number of thioether (sulfide) groups is 1. The van der Waals surface area contributed by atoms with Gasteiger partial charge in [0.25, 0.3) is 0 Å². The van der Waals surface area contributed by atoms with Crippen LogP contribution in [0.2, 0.25) is 0 Å². The topological polar surface area (TPSA) is 64.6 Å². The van der Waals surface area contributed by atoms with Crippen LogP contribution in [0.3, 0.4) is 0 Å². The number of benzene rings is 1. The summed E-state index contributed by atoms with van der Waals surface area (Å²) in [6.45, 7) is 8.91. The molecule has 0 aliphatic rings. The Bertz CT molecular complexity index is 540. The first-order chi connectivity index (χ1) is 11.3. The van der Waals surface area contributed by atoms with Crippen molar-refractivity contribution in [3.63, 3.8) is 0 Å². The van der Waals surface area contributed by atoms with Gasteiger partial charge in [-0.2, -0.15) is 11.8 Å². The van der Waals surface area contributed by atoms with Crippen LogP contribution in [0, 0.1) is 0 Å². The number of amides is 1. The van der Waals surface area contributed by atoms with E-state index in [0.29, 0.717) is 5.75 Å². The number of hydrogen-bond acceptors (Lipinski definition) is 5. The molecule has 0 aromatic heterocycles. The van der Waals surface area contributed by atoms with Crippen LogP contribution in [0.1, 0.15) is 26.3 Å². The average Bonchev–Trinajstić information content (AvgIpc) is 2.51. The van der Waals surface area contributed by atoms with Crippen molar-refractivity contribution in [3.05, 3.63) is 48.6 Å². The molecule has 5 nitrogen and oxygen atoms in total. The van der Waals surface area contributed by atoms with Gasteiger partial charge in [0.1, 0.15) is 18.2 Å². The predicted octanol–water partition coefficient (Wildman–Crippen LogP) is 3.54. The van der Waals surface area contributed by atoms with Gasteiger partial charge in [-0.15, -0.1) is 0 Å². The highest BCUT2D eigenvalue weighted by molar-refractivity contribution is 7.98. The standard InChI is InChI=1S/C18H25NO4S/c1-5-11-22-16(20)15(19-17(21)23-18(2,3)4)13-24-12-14-9-7-6-8-10-14/h5-10,15H,1,11-13H2,2-4H3,(H,19,21)/t15-/m0/s1. The van der Waals surface area contributed by atoms with E-state index in [4.69, 9.17) is 9.47 Å². The predicted molar refractivity (Wildman–Crippen MR) is 96.9 cm³/mol. The van der Waals surface area contributed by atoms with Gasteiger partial charge in [-0.1, -0.05) is 43.0 Å². The van der Waals surface area contributed by atoms with Gasteiger partial charge in [-0.3, -0.25) is 0 Å². The molecule has 0 aliphatic heterocycles. The van der Waals surface area contributed by atoms with E-state index in [1.54, 1.807) is 20.8 Å². The summed E-state index contributed by atoms with van der Waals surface area (Å²) in [4.78, 5) is 24.0. The highest BCUT2D eigenvalue weighted by Gasteiger charge is 2.25. The number of rotatable bonds is 8. The lowest BCUT2D eigenvalue weighted by atomic mass is 10.2. The van der Waals surface area contributed by atoms with E-state index < -0.39 is 23.7 Å². The van der Waals surface area contributed by atoms with Crippen molar-refractivity contribution in [2.24, 2.45) is 0 Å². The highest BCUT2D eigenvalue weighted by Crippen LogP contribution is 2.14. The fraction of sp³-hybridized carbons (Fsp3) is 0.444. The van der Waals surface area contributed by atoms with Gasteiger partial charge in [0.15, 0.2) is 0 Å². The van der Waals surface area contributed by atoms with Gasteiger partial charge in [0, 0.05) is 11.5 Å². The molecule has 1 amide bonds. The summed E-state index contributed by atoms with van der Waals surface area (Å²) < 4.78 is 10.2. The van der Waals surface area contributed by atoms with Crippen molar-refractivity contribution in [3.8, 4) is 0 Å². The first kappa shape index (κ1) is 20.1. The molecule has 1 rings (SSSR count). The van der Waals surface area contributed by atoms with Crippen LogP contribution >= 0.6 is 11.8 Å². The molecule has 1 atom stereocenters. The second kappa shape index (κ2) is 10.0. The van der Waals surface area contributed by atoms with Crippen LogP contribution < -0.4 is 5.32 Å². The molecule has 0 radical (unpaired) electrons. The van der Waals surface area contributed by atoms with E-state index in [-0.39, 0.29) is 6.61 Å². The van der Waals surface area contributed by atoms with Gasteiger partial charge in [-0.25, -0.2) is 9.59 Å². The Morgan fingerprint density at radius 2 is 1.96 bits per heavy atom. The Kier molecular flexibility index (Phi) is 8.40. The summed E-state index contributed by atoms with van der Waals surface area (Å²) in [6, 6.07) is 9.13. The van der Waals surface area contributed by atoms with Crippen LogP contribution in [-0.4, -0.2) is 36.1 Å². The minimum Gasteiger partial charge on any atom is -0.460 e. The number of carbonyl (C=O) groups excluding carboxylic acids is 2. The van der Waals surface area contributed by atoms with E-state index in [0.717, 1.165) is 11.3 Å². The lowest BCUT2D eigenvalue weighted by molar-refractivity contribution is -0.144. The zero-order valence-corrected chi connectivity index (χ0v) is 15.2. The first-order valence-corrected chi connectivity index (χ1v) is 8.86. The van der Waals surface area contributed by atoms with E-state index >= 15 is 0 Å². The molecule has 1 aromatic carbocycles. The molecule has 1 aromatic rings. The quantitative estimate of drug-likeness (QED) is 0.573. The second-order valence-corrected chi connectivity index (χ2v) is 7.15. The monoisotopic (exact) mass is 351 g/mol.